The van der Waals surface area contributed by atoms with E-state index in [0.717, 1.165) is 30.5 Å². The van der Waals surface area contributed by atoms with E-state index in [1.807, 2.05) is 26.0 Å². The van der Waals surface area contributed by atoms with E-state index in [-0.39, 0.29) is 6.04 Å². The van der Waals surface area contributed by atoms with Gasteiger partial charge in [0.05, 0.1) is 7.11 Å². The lowest BCUT2D eigenvalue weighted by molar-refractivity contribution is 0.0196. The lowest BCUT2D eigenvalue weighted by Gasteiger charge is -2.32. The van der Waals surface area contributed by atoms with Crippen molar-refractivity contribution in [2.45, 2.75) is 38.3 Å². The van der Waals surface area contributed by atoms with Crippen molar-refractivity contribution < 1.29 is 9.84 Å². The fraction of sp³-hybridized carbons (Fsp3) is 0.571. The fourth-order valence-corrected chi connectivity index (χ4v) is 2.74. The smallest absolute Gasteiger partial charge is 0.125 e. The molecule has 0 aliphatic carbocycles. The molecule has 2 N–H and O–H groups in total. The number of aryl methyl sites for hydroxylation is 1. The van der Waals surface area contributed by atoms with Crippen LogP contribution in [0.2, 0.25) is 5.02 Å². The molecule has 2 rings (SSSR count). The molecule has 100 valence electrons. The first-order valence-corrected chi connectivity index (χ1v) is 6.65. The van der Waals surface area contributed by atoms with E-state index in [2.05, 4.69) is 5.32 Å². The quantitative estimate of drug-likeness (QED) is 0.886. The summed E-state index contributed by atoms with van der Waals surface area (Å²) in [6.07, 6.45) is 2.05. The minimum atomic E-state index is -0.973. The Hall–Kier alpha value is -0.770. The van der Waals surface area contributed by atoms with E-state index >= 15 is 0 Å². The molecule has 3 nitrogen and oxygen atoms in total. The SMILES string of the molecule is COc1cc(C)c(Cl)cc1C(C)(O)C1CCCN1. The molecule has 18 heavy (non-hydrogen) atoms. The van der Waals surface area contributed by atoms with Crippen molar-refractivity contribution in [1.29, 1.82) is 0 Å². The van der Waals surface area contributed by atoms with Gasteiger partial charge in [-0.25, -0.2) is 0 Å². The summed E-state index contributed by atoms with van der Waals surface area (Å²) in [5.41, 5.74) is 0.728. The third-order valence-corrected chi connectivity index (χ3v) is 4.17. The van der Waals surface area contributed by atoms with Crippen LogP contribution < -0.4 is 10.1 Å². The third kappa shape index (κ3) is 2.35. The number of benzene rings is 1. The summed E-state index contributed by atoms with van der Waals surface area (Å²) in [6.45, 7) is 4.69. The van der Waals surface area contributed by atoms with Crippen LogP contribution >= 0.6 is 11.6 Å². The fourth-order valence-electron chi connectivity index (χ4n) is 2.57. The van der Waals surface area contributed by atoms with Gasteiger partial charge in [-0.2, -0.15) is 0 Å². The second-order valence-electron chi connectivity index (χ2n) is 5.10. The van der Waals surface area contributed by atoms with Gasteiger partial charge in [0.25, 0.3) is 0 Å². The summed E-state index contributed by atoms with van der Waals surface area (Å²) in [5.74, 6) is 0.690. The molecule has 2 unspecified atom stereocenters. The zero-order chi connectivity index (χ0) is 13.3. The molecule has 1 saturated heterocycles. The van der Waals surface area contributed by atoms with E-state index in [1.54, 1.807) is 7.11 Å². The maximum atomic E-state index is 10.8. The van der Waals surface area contributed by atoms with Crippen LogP contribution in [0.5, 0.6) is 5.75 Å². The first-order valence-electron chi connectivity index (χ1n) is 6.27. The van der Waals surface area contributed by atoms with Gasteiger partial charge in [0.2, 0.25) is 0 Å². The van der Waals surface area contributed by atoms with Gasteiger partial charge in [0, 0.05) is 16.6 Å². The molecule has 1 aromatic carbocycles. The number of halogens is 1. The van der Waals surface area contributed by atoms with Crippen molar-refractivity contribution in [3.63, 3.8) is 0 Å². The maximum Gasteiger partial charge on any atom is 0.125 e. The average molecular weight is 270 g/mol. The normalized spacial score (nSPS) is 22.8. The minimum Gasteiger partial charge on any atom is -0.496 e. The molecule has 1 fully saturated rings. The van der Waals surface area contributed by atoms with E-state index in [0.29, 0.717) is 10.8 Å². The summed E-state index contributed by atoms with van der Waals surface area (Å²) >= 11 is 6.17. The Kier molecular flexibility index (Phi) is 3.85. The van der Waals surface area contributed by atoms with Gasteiger partial charge >= 0.3 is 0 Å². The van der Waals surface area contributed by atoms with Gasteiger partial charge in [0.1, 0.15) is 11.4 Å². The van der Waals surface area contributed by atoms with Crippen molar-refractivity contribution >= 4 is 11.6 Å². The van der Waals surface area contributed by atoms with Crippen LogP contribution in [0, 0.1) is 6.92 Å². The summed E-state index contributed by atoms with van der Waals surface area (Å²) in [5, 5.41) is 14.8. The van der Waals surface area contributed by atoms with Gasteiger partial charge in [-0.3, -0.25) is 0 Å². The molecule has 2 atom stereocenters. The molecule has 0 radical (unpaired) electrons. The lowest BCUT2D eigenvalue weighted by atomic mass is 9.86. The van der Waals surface area contributed by atoms with Crippen molar-refractivity contribution in [3.8, 4) is 5.75 Å². The van der Waals surface area contributed by atoms with Crippen molar-refractivity contribution in [2.24, 2.45) is 0 Å². The average Bonchev–Trinajstić information content (AvgIpc) is 2.86. The topological polar surface area (TPSA) is 41.5 Å². The van der Waals surface area contributed by atoms with E-state index in [4.69, 9.17) is 16.3 Å². The van der Waals surface area contributed by atoms with E-state index < -0.39 is 5.60 Å². The van der Waals surface area contributed by atoms with Gasteiger partial charge in [-0.05, 0) is 50.9 Å². The molecule has 0 bridgehead atoms. The van der Waals surface area contributed by atoms with Crippen LogP contribution in [0.1, 0.15) is 30.9 Å². The Morgan fingerprint density at radius 2 is 2.22 bits per heavy atom. The van der Waals surface area contributed by atoms with Crippen LogP contribution in [-0.4, -0.2) is 24.8 Å². The first-order chi connectivity index (χ1) is 8.46. The van der Waals surface area contributed by atoms with Crippen LogP contribution in [-0.2, 0) is 5.60 Å². The number of nitrogens with one attached hydrogen (secondary N) is 1. The number of methoxy groups -OCH3 is 1. The highest BCUT2D eigenvalue weighted by molar-refractivity contribution is 6.31. The van der Waals surface area contributed by atoms with Crippen LogP contribution in [0.25, 0.3) is 0 Å². The molecular weight excluding hydrogens is 250 g/mol. The van der Waals surface area contributed by atoms with Crippen molar-refractivity contribution in [1.82, 2.24) is 5.32 Å². The number of hydrogen-bond acceptors (Lipinski definition) is 3. The molecule has 4 heteroatoms. The summed E-state index contributed by atoms with van der Waals surface area (Å²) in [6, 6.07) is 3.74. The Labute approximate surface area is 113 Å². The predicted octanol–water partition coefficient (Wildman–Crippen LogP) is 2.62. The molecular formula is C14H20ClNO2. The van der Waals surface area contributed by atoms with Crippen molar-refractivity contribution in [3.05, 3.63) is 28.3 Å². The van der Waals surface area contributed by atoms with Crippen LogP contribution in [0.4, 0.5) is 0 Å². The molecule has 0 amide bonds. The van der Waals surface area contributed by atoms with Gasteiger partial charge in [-0.15, -0.1) is 0 Å². The molecule has 0 saturated carbocycles. The number of aliphatic hydroxyl groups is 1. The summed E-state index contributed by atoms with van der Waals surface area (Å²) in [4.78, 5) is 0. The Morgan fingerprint density at radius 3 is 2.78 bits per heavy atom. The zero-order valence-corrected chi connectivity index (χ0v) is 11.8. The second kappa shape index (κ2) is 5.08. The van der Waals surface area contributed by atoms with Gasteiger partial charge in [-0.1, -0.05) is 11.6 Å². The summed E-state index contributed by atoms with van der Waals surface area (Å²) in [7, 11) is 1.62. The van der Waals surface area contributed by atoms with Crippen molar-refractivity contribution in [2.75, 3.05) is 13.7 Å². The van der Waals surface area contributed by atoms with Gasteiger partial charge < -0.3 is 15.2 Å². The van der Waals surface area contributed by atoms with E-state index in [9.17, 15) is 5.11 Å². The maximum absolute atomic E-state index is 10.8. The second-order valence-corrected chi connectivity index (χ2v) is 5.51. The third-order valence-electron chi connectivity index (χ3n) is 3.76. The molecule has 1 aliphatic heterocycles. The first kappa shape index (κ1) is 13.7. The van der Waals surface area contributed by atoms with Crippen LogP contribution in [0.15, 0.2) is 12.1 Å². The minimum absolute atomic E-state index is 0.0465. The highest BCUT2D eigenvalue weighted by Crippen LogP contribution is 2.38. The molecule has 1 aliphatic rings. The Morgan fingerprint density at radius 1 is 1.50 bits per heavy atom. The highest BCUT2D eigenvalue weighted by atomic mass is 35.5. The Bertz CT molecular complexity index is 440. The highest BCUT2D eigenvalue weighted by Gasteiger charge is 2.37. The van der Waals surface area contributed by atoms with Crippen LogP contribution in [0.3, 0.4) is 0 Å². The van der Waals surface area contributed by atoms with E-state index in [1.165, 1.54) is 0 Å². The standard InChI is InChI=1S/C14H20ClNO2/c1-9-7-12(18-3)10(8-11(9)15)14(2,17)13-5-4-6-16-13/h7-8,13,16-17H,4-6H2,1-3H3. The largest absolute Gasteiger partial charge is 0.496 e. The zero-order valence-electron chi connectivity index (χ0n) is 11.1. The number of rotatable bonds is 3. The lowest BCUT2D eigenvalue weighted by Crippen LogP contribution is -2.43. The summed E-state index contributed by atoms with van der Waals surface area (Å²) < 4.78 is 5.38. The number of ether oxygens (including phenoxy) is 1. The Balaban J connectivity index is 2.44. The molecule has 0 spiro atoms. The molecule has 0 aromatic heterocycles. The molecule has 1 aromatic rings. The predicted molar refractivity (Wildman–Crippen MR) is 73.3 cm³/mol. The molecule has 1 heterocycles. The monoisotopic (exact) mass is 269 g/mol. The van der Waals surface area contributed by atoms with Gasteiger partial charge in [0.15, 0.2) is 0 Å². The number of hydrogen-bond donors (Lipinski definition) is 2.